The molecule has 2 aromatic rings. The Kier molecular flexibility index (Phi) is 4.81. The Labute approximate surface area is 139 Å². The van der Waals surface area contributed by atoms with E-state index in [9.17, 15) is 8.42 Å². The SMILES string of the molecule is C[C@H]1CN(S(=O)(=O)CCNc2ncnc3ccsc23)C[C@H](C)O1. The van der Waals surface area contributed by atoms with Crippen molar-refractivity contribution in [1.29, 1.82) is 0 Å². The summed E-state index contributed by atoms with van der Waals surface area (Å²) in [7, 11) is -3.31. The molecule has 3 heterocycles. The van der Waals surface area contributed by atoms with Crippen LogP contribution in [0.3, 0.4) is 0 Å². The summed E-state index contributed by atoms with van der Waals surface area (Å²) in [6.07, 6.45) is 1.33. The highest BCUT2D eigenvalue weighted by atomic mass is 32.2. The van der Waals surface area contributed by atoms with E-state index in [-0.39, 0.29) is 18.0 Å². The molecule has 0 amide bonds. The Morgan fingerprint density at radius 1 is 1.35 bits per heavy atom. The third kappa shape index (κ3) is 3.79. The summed E-state index contributed by atoms with van der Waals surface area (Å²) in [4.78, 5) is 8.36. The average molecular weight is 356 g/mol. The summed E-state index contributed by atoms with van der Waals surface area (Å²) < 4.78 is 33.0. The first-order valence-corrected chi connectivity index (χ1v) is 10.00. The van der Waals surface area contributed by atoms with E-state index in [1.807, 2.05) is 25.3 Å². The van der Waals surface area contributed by atoms with Crippen LogP contribution in [0.15, 0.2) is 17.8 Å². The molecule has 23 heavy (non-hydrogen) atoms. The minimum atomic E-state index is -3.31. The fraction of sp³-hybridized carbons (Fsp3) is 0.571. The number of nitrogens with one attached hydrogen (secondary N) is 1. The van der Waals surface area contributed by atoms with Gasteiger partial charge in [0.05, 0.1) is 28.2 Å². The number of aromatic nitrogens is 2. The fourth-order valence-electron chi connectivity index (χ4n) is 2.70. The topological polar surface area (TPSA) is 84.4 Å². The van der Waals surface area contributed by atoms with Crippen molar-refractivity contribution in [3.05, 3.63) is 17.8 Å². The number of fused-ring (bicyclic) bond motifs is 1. The van der Waals surface area contributed by atoms with Gasteiger partial charge in [0.25, 0.3) is 0 Å². The summed E-state index contributed by atoms with van der Waals surface area (Å²) in [6, 6.07) is 1.92. The molecular formula is C14H20N4O3S2. The zero-order valence-electron chi connectivity index (χ0n) is 13.1. The van der Waals surface area contributed by atoms with Crippen LogP contribution in [0.4, 0.5) is 5.82 Å². The van der Waals surface area contributed by atoms with Gasteiger partial charge in [-0.2, -0.15) is 4.31 Å². The van der Waals surface area contributed by atoms with Crippen molar-refractivity contribution in [2.45, 2.75) is 26.1 Å². The monoisotopic (exact) mass is 356 g/mol. The molecule has 0 saturated carbocycles. The Bertz CT molecular complexity index is 767. The first-order valence-electron chi connectivity index (χ1n) is 7.51. The molecule has 0 radical (unpaired) electrons. The standard InChI is InChI=1S/C14H20N4O3S2/c1-10-7-18(8-11(2)21-10)23(19,20)6-4-15-14-13-12(3-5-22-13)16-9-17-14/h3,5,9-11H,4,6-8H2,1-2H3,(H,15,16,17)/t10-,11-/m0/s1. The van der Waals surface area contributed by atoms with Crippen molar-refractivity contribution in [2.24, 2.45) is 0 Å². The predicted molar refractivity (Wildman–Crippen MR) is 91.3 cm³/mol. The van der Waals surface area contributed by atoms with Crippen molar-refractivity contribution >= 4 is 37.4 Å². The van der Waals surface area contributed by atoms with E-state index in [0.717, 1.165) is 10.2 Å². The summed E-state index contributed by atoms with van der Waals surface area (Å²) in [5, 5.41) is 5.06. The molecule has 126 valence electrons. The van der Waals surface area contributed by atoms with Gasteiger partial charge in [-0.25, -0.2) is 18.4 Å². The molecule has 0 unspecified atom stereocenters. The van der Waals surface area contributed by atoms with Gasteiger partial charge in [0, 0.05) is 19.6 Å². The fourth-order valence-corrected chi connectivity index (χ4v) is 5.00. The number of sulfonamides is 1. The molecule has 0 aliphatic carbocycles. The molecule has 1 aliphatic heterocycles. The van der Waals surface area contributed by atoms with Gasteiger partial charge >= 0.3 is 0 Å². The molecule has 1 N–H and O–H groups in total. The smallest absolute Gasteiger partial charge is 0.216 e. The molecule has 1 fully saturated rings. The molecule has 0 spiro atoms. The van der Waals surface area contributed by atoms with Crippen LogP contribution in [-0.4, -0.2) is 60.3 Å². The van der Waals surface area contributed by atoms with Crippen molar-refractivity contribution in [2.75, 3.05) is 30.7 Å². The summed E-state index contributed by atoms with van der Waals surface area (Å²) in [5.74, 6) is 0.715. The molecule has 2 aromatic heterocycles. The van der Waals surface area contributed by atoms with Gasteiger partial charge in [-0.1, -0.05) is 0 Å². The molecule has 1 aliphatic rings. The lowest BCUT2D eigenvalue weighted by Crippen LogP contribution is -2.49. The second-order valence-corrected chi connectivity index (χ2v) is 8.68. The Hall–Kier alpha value is -1.29. The number of hydrogen-bond acceptors (Lipinski definition) is 7. The van der Waals surface area contributed by atoms with Crippen LogP contribution in [0.25, 0.3) is 10.2 Å². The number of ether oxygens (including phenoxy) is 1. The number of anilines is 1. The third-order valence-corrected chi connectivity index (χ3v) is 6.39. The number of thiophene rings is 1. The van der Waals surface area contributed by atoms with Gasteiger partial charge in [0.2, 0.25) is 10.0 Å². The highest BCUT2D eigenvalue weighted by Crippen LogP contribution is 2.24. The lowest BCUT2D eigenvalue weighted by Gasteiger charge is -2.34. The molecule has 0 bridgehead atoms. The largest absolute Gasteiger partial charge is 0.373 e. The molecule has 3 rings (SSSR count). The Balaban J connectivity index is 1.62. The van der Waals surface area contributed by atoms with Crippen LogP contribution in [-0.2, 0) is 14.8 Å². The van der Waals surface area contributed by atoms with E-state index in [2.05, 4.69) is 15.3 Å². The van der Waals surface area contributed by atoms with Crippen LogP contribution < -0.4 is 5.32 Å². The maximum atomic E-state index is 12.5. The maximum absolute atomic E-state index is 12.5. The average Bonchev–Trinajstić information content (AvgIpc) is 2.95. The lowest BCUT2D eigenvalue weighted by atomic mass is 10.3. The van der Waals surface area contributed by atoms with Crippen LogP contribution in [0.5, 0.6) is 0 Å². The number of morpholine rings is 1. The second kappa shape index (κ2) is 6.68. The van der Waals surface area contributed by atoms with Gasteiger partial charge < -0.3 is 10.1 Å². The Morgan fingerprint density at radius 2 is 2.09 bits per heavy atom. The number of rotatable bonds is 5. The quantitative estimate of drug-likeness (QED) is 0.875. The summed E-state index contributed by atoms with van der Waals surface area (Å²) in [5.41, 5.74) is 0.867. The zero-order valence-corrected chi connectivity index (χ0v) is 14.7. The highest BCUT2D eigenvalue weighted by molar-refractivity contribution is 7.89. The first kappa shape index (κ1) is 16.6. The number of hydrogen-bond donors (Lipinski definition) is 1. The summed E-state index contributed by atoms with van der Waals surface area (Å²) >= 11 is 1.54. The molecule has 0 aromatic carbocycles. The maximum Gasteiger partial charge on any atom is 0.216 e. The van der Waals surface area contributed by atoms with Crippen molar-refractivity contribution in [1.82, 2.24) is 14.3 Å². The van der Waals surface area contributed by atoms with Gasteiger partial charge in [-0.3, -0.25) is 0 Å². The van der Waals surface area contributed by atoms with Gasteiger partial charge in [0.15, 0.2) is 0 Å². The molecule has 9 heteroatoms. The van der Waals surface area contributed by atoms with E-state index in [1.165, 1.54) is 22.0 Å². The molecule has 1 saturated heterocycles. The van der Waals surface area contributed by atoms with Gasteiger partial charge in [-0.05, 0) is 25.3 Å². The summed E-state index contributed by atoms with van der Waals surface area (Å²) in [6.45, 7) is 4.92. The number of nitrogens with zero attached hydrogens (tertiary/aromatic N) is 3. The molecular weight excluding hydrogens is 336 g/mol. The zero-order chi connectivity index (χ0) is 16.4. The van der Waals surface area contributed by atoms with Crippen molar-refractivity contribution in [3.63, 3.8) is 0 Å². The van der Waals surface area contributed by atoms with Gasteiger partial charge in [0.1, 0.15) is 12.1 Å². The lowest BCUT2D eigenvalue weighted by molar-refractivity contribution is -0.0440. The van der Waals surface area contributed by atoms with Gasteiger partial charge in [-0.15, -0.1) is 11.3 Å². The molecule has 2 atom stereocenters. The van der Waals surface area contributed by atoms with Crippen molar-refractivity contribution in [3.8, 4) is 0 Å². The van der Waals surface area contributed by atoms with E-state index >= 15 is 0 Å². The predicted octanol–water partition coefficient (Wildman–Crippen LogP) is 1.54. The van der Waals surface area contributed by atoms with Crippen LogP contribution >= 0.6 is 11.3 Å². The first-order chi connectivity index (χ1) is 11.0. The normalized spacial score (nSPS) is 23.2. The van der Waals surface area contributed by atoms with Crippen LogP contribution in [0, 0.1) is 0 Å². The van der Waals surface area contributed by atoms with E-state index in [0.29, 0.717) is 25.5 Å². The molecule has 7 nitrogen and oxygen atoms in total. The minimum Gasteiger partial charge on any atom is -0.373 e. The minimum absolute atomic E-state index is 0.0311. The van der Waals surface area contributed by atoms with E-state index in [1.54, 1.807) is 0 Å². The van der Waals surface area contributed by atoms with E-state index < -0.39 is 10.0 Å². The Morgan fingerprint density at radius 3 is 2.83 bits per heavy atom. The second-order valence-electron chi connectivity index (χ2n) is 5.67. The highest BCUT2D eigenvalue weighted by Gasteiger charge is 2.30. The van der Waals surface area contributed by atoms with Crippen molar-refractivity contribution < 1.29 is 13.2 Å². The third-order valence-electron chi connectivity index (χ3n) is 3.68. The van der Waals surface area contributed by atoms with Crippen LogP contribution in [0.1, 0.15) is 13.8 Å². The van der Waals surface area contributed by atoms with E-state index in [4.69, 9.17) is 4.74 Å². The van der Waals surface area contributed by atoms with Crippen LogP contribution in [0.2, 0.25) is 0 Å².